The zero-order valence-corrected chi connectivity index (χ0v) is 15.0. The molecule has 0 aliphatic carbocycles. The fraction of sp³-hybridized carbons (Fsp3) is 0.158. The summed E-state index contributed by atoms with van der Waals surface area (Å²) < 4.78 is 38.7. The number of nitrogens with one attached hydrogen (secondary N) is 3. The Bertz CT molecular complexity index is 910. The number of thiocarbonyl (C=S) groups is 1. The van der Waals surface area contributed by atoms with Crippen molar-refractivity contribution in [3.8, 4) is 0 Å². The van der Waals surface area contributed by atoms with Crippen LogP contribution in [0.25, 0.3) is 0 Å². The van der Waals surface area contributed by atoms with Gasteiger partial charge >= 0.3 is 6.18 Å². The molecule has 0 bridgehead atoms. The smallest absolute Gasteiger partial charge is 0.351 e. The summed E-state index contributed by atoms with van der Waals surface area (Å²) in [5.74, 6) is -0.511. The van der Waals surface area contributed by atoms with Gasteiger partial charge < -0.3 is 16.0 Å². The summed E-state index contributed by atoms with van der Waals surface area (Å²) in [4.78, 5) is 12.9. The molecule has 1 aliphatic heterocycles. The van der Waals surface area contributed by atoms with Gasteiger partial charge in [0, 0.05) is 11.4 Å². The highest BCUT2D eigenvalue weighted by molar-refractivity contribution is 7.80. The highest BCUT2D eigenvalue weighted by Gasteiger charge is 2.32. The first kappa shape index (κ1) is 18.9. The lowest BCUT2D eigenvalue weighted by Crippen LogP contribution is -2.45. The Hall–Kier alpha value is -2.87. The fourth-order valence-electron chi connectivity index (χ4n) is 2.86. The molecular formula is C19H16F3N3OS. The van der Waals surface area contributed by atoms with Gasteiger partial charge in [0.15, 0.2) is 5.11 Å². The SMILES string of the molecule is CC1=C(C(=O)Nc2cccc(C(F)(F)F)c2)[C@H](c2ccccc2)NC(=S)N1. The second kappa shape index (κ2) is 7.40. The highest BCUT2D eigenvalue weighted by Crippen LogP contribution is 2.32. The Morgan fingerprint density at radius 2 is 1.81 bits per heavy atom. The molecule has 0 unspecified atom stereocenters. The number of alkyl halides is 3. The average Bonchev–Trinajstić information content (AvgIpc) is 2.61. The Kier molecular flexibility index (Phi) is 5.18. The van der Waals surface area contributed by atoms with E-state index in [4.69, 9.17) is 12.2 Å². The standard InChI is InChI=1S/C19H16F3N3OS/c1-11-15(16(25-18(27)23-11)12-6-3-2-4-7-12)17(26)24-14-9-5-8-13(10-14)19(20,21)22/h2-10,16H,1H3,(H,24,26)(H2,23,25,27)/t16-/m0/s1. The molecular weight excluding hydrogens is 375 g/mol. The average molecular weight is 391 g/mol. The molecule has 3 N–H and O–H groups in total. The van der Waals surface area contributed by atoms with Gasteiger partial charge in [-0.25, -0.2) is 0 Å². The lowest BCUT2D eigenvalue weighted by atomic mass is 9.95. The lowest BCUT2D eigenvalue weighted by molar-refractivity contribution is -0.137. The van der Waals surface area contributed by atoms with Gasteiger partial charge in [-0.15, -0.1) is 0 Å². The topological polar surface area (TPSA) is 53.2 Å². The Morgan fingerprint density at radius 1 is 1.11 bits per heavy atom. The van der Waals surface area contributed by atoms with Crippen LogP contribution in [0.2, 0.25) is 0 Å². The molecule has 1 amide bonds. The van der Waals surface area contributed by atoms with Crippen molar-refractivity contribution in [2.24, 2.45) is 0 Å². The molecule has 4 nitrogen and oxygen atoms in total. The van der Waals surface area contributed by atoms with E-state index in [2.05, 4.69) is 16.0 Å². The summed E-state index contributed by atoms with van der Waals surface area (Å²) in [7, 11) is 0. The zero-order valence-electron chi connectivity index (χ0n) is 14.2. The van der Waals surface area contributed by atoms with E-state index in [0.717, 1.165) is 17.7 Å². The molecule has 27 heavy (non-hydrogen) atoms. The van der Waals surface area contributed by atoms with Gasteiger partial charge in [0.2, 0.25) is 0 Å². The number of anilines is 1. The van der Waals surface area contributed by atoms with Crippen molar-refractivity contribution in [3.05, 3.63) is 77.0 Å². The molecule has 1 heterocycles. The first-order valence-electron chi connectivity index (χ1n) is 8.07. The monoisotopic (exact) mass is 391 g/mol. The molecule has 2 aromatic rings. The molecule has 0 spiro atoms. The number of amides is 1. The largest absolute Gasteiger partial charge is 0.416 e. The van der Waals surface area contributed by atoms with Crippen LogP contribution in [0.15, 0.2) is 65.9 Å². The molecule has 1 aliphatic rings. The molecule has 0 aromatic heterocycles. The summed E-state index contributed by atoms with van der Waals surface area (Å²) in [6.07, 6.45) is -4.48. The zero-order chi connectivity index (χ0) is 19.6. The van der Waals surface area contributed by atoms with Gasteiger partial charge in [0.1, 0.15) is 0 Å². The van der Waals surface area contributed by atoms with Gasteiger partial charge in [-0.1, -0.05) is 36.4 Å². The molecule has 0 fully saturated rings. The summed E-state index contributed by atoms with van der Waals surface area (Å²) in [6, 6.07) is 13.2. The van der Waals surface area contributed by atoms with Crippen LogP contribution in [-0.4, -0.2) is 11.0 Å². The van der Waals surface area contributed by atoms with Gasteiger partial charge in [-0.05, 0) is 42.9 Å². The lowest BCUT2D eigenvalue weighted by Gasteiger charge is -2.30. The number of hydrogen-bond donors (Lipinski definition) is 3. The minimum atomic E-state index is -4.48. The second-order valence-corrected chi connectivity index (χ2v) is 6.42. The van der Waals surface area contributed by atoms with E-state index in [1.54, 1.807) is 6.92 Å². The van der Waals surface area contributed by atoms with Crippen LogP contribution in [0.3, 0.4) is 0 Å². The van der Waals surface area contributed by atoms with Crippen LogP contribution in [0, 0.1) is 0 Å². The van der Waals surface area contributed by atoms with Crippen molar-refractivity contribution >= 4 is 28.9 Å². The van der Waals surface area contributed by atoms with E-state index in [1.807, 2.05) is 30.3 Å². The third kappa shape index (κ3) is 4.28. The molecule has 140 valence electrons. The molecule has 1 atom stereocenters. The Balaban J connectivity index is 1.92. The summed E-state index contributed by atoms with van der Waals surface area (Å²) in [6.45, 7) is 1.70. The minimum Gasteiger partial charge on any atom is -0.351 e. The van der Waals surface area contributed by atoms with Crippen LogP contribution in [0.5, 0.6) is 0 Å². The van der Waals surface area contributed by atoms with Crippen LogP contribution >= 0.6 is 12.2 Å². The molecule has 0 saturated heterocycles. The van der Waals surface area contributed by atoms with Gasteiger partial charge in [0.05, 0.1) is 17.2 Å². The first-order valence-corrected chi connectivity index (χ1v) is 8.48. The van der Waals surface area contributed by atoms with Crippen molar-refractivity contribution in [2.45, 2.75) is 19.1 Å². The number of halogens is 3. The van der Waals surface area contributed by atoms with Crippen molar-refractivity contribution in [2.75, 3.05) is 5.32 Å². The number of hydrogen-bond acceptors (Lipinski definition) is 2. The highest BCUT2D eigenvalue weighted by atomic mass is 32.1. The van der Waals surface area contributed by atoms with E-state index in [9.17, 15) is 18.0 Å². The first-order chi connectivity index (χ1) is 12.8. The van der Waals surface area contributed by atoms with E-state index in [0.29, 0.717) is 16.4 Å². The Labute approximate surface area is 159 Å². The van der Waals surface area contributed by atoms with Gasteiger partial charge in [-0.3, -0.25) is 4.79 Å². The third-order valence-electron chi connectivity index (χ3n) is 4.09. The van der Waals surface area contributed by atoms with Crippen molar-refractivity contribution in [1.82, 2.24) is 10.6 Å². The van der Waals surface area contributed by atoms with Crippen molar-refractivity contribution in [1.29, 1.82) is 0 Å². The van der Waals surface area contributed by atoms with Crippen molar-refractivity contribution < 1.29 is 18.0 Å². The normalized spacial score (nSPS) is 17.2. The predicted octanol–water partition coefficient (Wildman–Crippen LogP) is 4.14. The molecule has 8 heteroatoms. The van der Waals surface area contributed by atoms with Gasteiger partial charge in [-0.2, -0.15) is 13.2 Å². The van der Waals surface area contributed by atoms with Crippen LogP contribution in [0.1, 0.15) is 24.1 Å². The maximum Gasteiger partial charge on any atom is 0.416 e. The van der Waals surface area contributed by atoms with E-state index in [-0.39, 0.29) is 5.69 Å². The quantitative estimate of drug-likeness (QED) is 0.689. The fourth-order valence-corrected chi connectivity index (χ4v) is 3.13. The maximum absolute atomic E-state index is 12.9. The number of rotatable bonds is 3. The molecule has 0 radical (unpaired) electrons. The van der Waals surface area contributed by atoms with Crippen LogP contribution in [0.4, 0.5) is 18.9 Å². The van der Waals surface area contributed by atoms with Crippen LogP contribution < -0.4 is 16.0 Å². The van der Waals surface area contributed by atoms with E-state index in [1.165, 1.54) is 12.1 Å². The molecule has 3 rings (SSSR count). The molecule has 2 aromatic carbocycles. The third-order valence-corrected chi connectivity index (χ3v) is 4.31. The van der Waals surface area contributed by atoms with Crippen molar-refractivity contribution in [3.63, 3.8) is 0 Å². The second-order valence-electron chi connectivity index (χ2n) is 6.01. The predicted molar refractivity (Wildman–Crippen MR) is 101 cm³/mol. The van der Waals surface area contributed by atoms with E-state index < -0.39 is 23.7 Å². The van der Waals surface area contributed by atoms with E-state index >= 15 is 0 Å². The summed E-state index contributed by atoms with van der Waals surface area (Å²) in [5, 5.41) is 8.85. The summed E-state index contributed by atoms with van der Waals surface area (Å²) in [5.41, 5.74) is 0.945. The maximum atomic E-state index is 12.9. The number of allylic oxidation sites excluding steroid dienone is 1. The molecule has 0 saturated carbocycles. The number of benzene rings is 2. The Morgan fingerprint density at radius 3 is 2.48 bits per heavy atom. The van der Waals surface area contributed by atoms with Crippen LogP contribution in [-0.2, 0) is 11.0 Å². The minimum absolute atomic E-state index is 0.0649. The summed E-state index contributed by atoms with van der Waals surface area (Å²) >= 11 is 5.17. The van der Waals surface area contributed by atoms with Gasteiger partial charge in [0.25, 0.3) is 5.91 Å². The number of carbonyl (C=O) groups excluding carboxylic acids is 1. The number of carbonyl (C=O) groups is 1.